The lowest BCUT2D eigenvalue weighted by Crippen LogP contribution is -2.58. The third-order valence-electron chi connectivity index (χ3n) is 9.71. The Morgan fingerprint density at radius 2 is 1.57 bits per heavy atom. The molecule has 4 rings (SSSR count). The predicted octanol–water partition coefficient (Wildman–Crippen LogP) is 7.74. The second-order valence-electron chi connectivity index (χ2n) is 14.2. The van der Waals surface area contributed by atoms with Crippen molar-refractivity contribution in [3.63, 3.8) is 0 Å². The Balaban J connectivity index is 1.69. The van der Waals surface area contributed by atoms with Gasteiger partial charge in [-0.25, -0.2) is 9.59 Å². The van der Waals surface area contributed by atoms with Crippen LogP contribution < -0.4 is 10.1 Å². The summed E-state index contributed by atoms with van der Waals surface area (Å²) in [6.45, 7) is 11.6. The number of nitrogens with one attached hydrogen (secondary N) is 1. The van der Waals surface area contributed by atoms with Crippen molar-refractivity contribution in [2.24, 2.45) is 0 Å². The van der Waals surface area contributed by atoms with Crippen LogP contribution in [0.15, 0.2) is 77.3 Å². The lowest BCUT2D eigenvalue weighted by atomic mass is 9.86. The second kappa shape index (κ2) is 18.2. The van der Waals surface area contributed by atoms with Crippen molar-refractivity contribution in [1.82, 2.24) is 10.2 Å². The van der Waals surface area contributed by atoms with Crippen molar-refractivity contribution in [3.05, 3.63) is 99.5 Å². The van der Waals surface area contributed by atoms with E-state index >= 15 is 0 Å². The predicted molar refractivity (Wildman–Crippen MR) is 202 cm³/mol. The molecule has 0 saturated carbocycles. The van der Waals surface area contributed by atoms with E-state index in [1.807, 2.05) is 72.8 Å². The molecular formula is C39H51BrN2O8Si. The molecule has 3 aromatic rings. The molecule has 1 heterocycles. The van der Waals surface area contributed by atoms with Gasteiger partial charge in [-0.15, -0.1) is 0 Å². The average Bonchev–Trinajstić information content (AvgIpc) is 3.11. The average molecular weight is 784 g/mol. The first kappa shape index (κ1) is 40.1. The van der Waals surface area contributed by atoms with Crippen molar-refractivity contribution in [2.45, 2.75) is 89.5 Å². The molecule has 0 aliphatic carbocycles. The van der Waals surface area contributed by atoms with E-state index in [2.05, 4.69) is 55.1 Å². The summed E-state index contributed by atoms with van der Waals surface area (Å²) in [5.74, 6) is -0.490. The van der Waals surface area contributed by atoms with Crippen LogP contribution in [-0.2, 0) is 47.9 Å². The first-order chi connectivity index (χ1) is 24.3. The van der Waals surface area contributed by atoms with Gasteiger partial charge in [0, 0.05) is 23.1 Å². The van der Waals surface area contributed by atoms with Crippen molar-refractivity contribution >= 4 is 42.2 Å². The quantitative estimate of drug-likeness (QED) is 0.0947. The highest BCUT2D eigenvalue weighted by Gasteiger charge is 2.46. The number of benzene rings is 3. The molecule has 0 aromatic heterocycles. The van der Waals surface area contributed by atoms with Crippen LogP contribution in [0.5, 0.6) is 5.75 Å². The third-order valence-corrected chi connectivity index (χ3v) is 15.0. The highest BCUT2D eigenvalue weighted by molar-refractivity contribution is 9.10. The fraction of sp³-hybridized carbons (Fsp3) is 0.462. The smallest absolute Gasteiger partial charge is 0.408 e. The largest absolute Gasteiger partial charge is 0.496 e. The monoisotopic (exact) mass is 782 g/mol. The molecule has 0 saturated heterocycles. The molecule has 3 atom stereocenters. The molecule has 1 N–H and O–H groups in total. The Kier molecular flexibility index (Phi) is 14.3. The van der Waals surface area contributed by atoms with Gasteiger partial charge in [0.1, 0.15) is 24.4 Å². The SMILES string of the molecule is COC(=O)[C@@H]1Cc2c(Br)ccc(OC)c2[C@H](COCc2ccccc2)N1C(=O)[C@H](CCCO[Si](C)(C)C(C)(C)C)NC(=O)OCc1ccccc1. The minimum Gasteiger partial charge on any atom is -0.496 e. The number of hydrogen-bond donors (Lipinski definition) is 1. The number of carbonyl (C=O) groups is 3. The number of ether oxygens (including phenoxy) is 4. The Morgan fingerprint density at radius 1 is 0.941 bits per heavy atom. The number of rotatable bonds is 15. The van der Waals surface area contributed by atoms with E-state index < -0.39 is 44.4 Å². The first-order valence-electron chi connectivity index (χ1n) is 17.3. The number of carbonyl (C=O) groups excluding carboxylic acids is 3. The fourth-order valence-electron chi connectivity index (χ4n) is 5.86. The lowest BCUT2D eigenvalue weighted by molar-refractivity contribution is -0.158. The summed E-state index contributed by atoms with van der Waals surface area (Å²) in [6, 6.07) is 19.9. The maximum absolute atomic E-state index is 14.9. The number of hydrogen-bond acceptors (Lipinski definition) is 8. The Morgan fingerprint density at radius 3 is 2.16 bits per heavy atom. The molecule has 10 nitrogen and oxygen atoms in total. The number of fused-ring (bicyclic) bond motifs is 1. The van der Waals surface area contributed by atoms with E-state index in [-0.39, 0.29) is 37.7 Å². The van der Waals surface area contributed by atoms with E-state index in [9.17, 15) is 14.4 Å². The van der Waals surface area contributed by atoms with Gasteiger partial charge in [-0.3, -0.25) is 4.79 Å². The minimum atomic E-state index is -2.06. The van der Waals surface area contributed by atoms with E-state index in [4.69, 9.17) is 23.4 Å². The molecule has 51 heavy (non-hydrogen) atoms. The molecule has 0 fully saturated rings. The highest BCUT2D eigenvalue weighted by atomic mass is 79.9. The van der Waals surface area contributed by atoms with Crippen LogP contribution in [0.25, 0.3) is 0 Å². The molecule has 1 aliphatic heterocycles. The van der Waals surface area contributed by atoms with Crippen molar-refractivity contribution < 1.29 is 37.8 Å². The molecule has 276 valence electrons. The summed E-state index contributed by atoms with van der Waals surface area (Å²) in [5.41, 5.74) is 3.31. The van der Waals surface area contributed by atoms with Crippen LogP contribution in [0.1, 0.15) is 61.9 Å². The number of halogens is 1. The van der Waals surface area contributed by atoms with Crippen LogP contribution in [-0.4, -0.2) is 70.7 Å². The van der Waals surface area contributed by atoms with Gasteiger partial charge in [-0.2, -0.15) is 0 Å². The maximum Gasteiger partial charge on any atom is 0.408 e. The van der Waals surface area contributed by atoms with Crippen LogP contribution in [0.4, 0.5) is 4.79 Å². The zero-order chi connectivity index (χ0) is 37.2. The van der Waals surface area contributed by atoms with Crippen molar-refractivity contribution in [3.8, 4) is 5.75 Å². The van der Waals surface area contributed by atoms with Gasteiger partial charge in [0.2, 0.25) is 5.91 Å². The number of methoxy groups -OCH3 is 2. The molecule has 0 radical (unpaired) electrons. The zero-order valence-electron chi connectivity index (χ0n) is 30.7. The molecule has 0 spiro atoms. The van der Waals surface area contributed by atoms with Gasteiger partial charge in [0.05, 0.1) is 33.5 Å². The third kappa shape index (κ3) is 10.4. The molecule has 12 heteroatoms. The topological polar surface area (TPSA) is 113 Å². The minimum absolute atomic E-state index is 0.0109. The maximum atomic E-state index is 14.9. The molecule has 1 aliphatic rings. The summed E-state index contributed by atoms with van der Waals surface area (Å²) in [4.78, 5) is 43.3. The Bertz CT molecular complexity index is 1620. The van der Waals surface area contributed by atoms with Gasteiger partial charge in [0.15, 0.2) is 8.32 Å². The van der Waals surface area contributed by atoms with Crippen LogP contribution >= 0.6 is 15.9 Å². The highest BCUT2D eigenvalue weighted by Crippen LogP contribution is 2.43. The number of esters is 1. The second-order valence-corrected chi connectivity index (χ2v) is 19.8. The van der Waals surface area contributed by atoms with Gasteiger partial charge in [-0.1, -0.05) is 97.4 Å². The zero-order valence-corrected chi connectivity index (χ0v) is 33.3. The molecular weight excluding hydrogens is 732 g/mol. The number of alkyl carbamates (subject to hydrolysis) is 1. The summed E-state index contributed by atoms with van der Waals surface area (Å²) in [7, 11) is 0.809. The van der Waals surface area contributed by atoms with Crippen molar-refractivity contribution in [1.29, 1.82) is 0 Å². The van der Waals surface area contributed by atoms with Crippen LogP contribution in [0.2, 0.25) is 18.1 Å². The summed E-state index contributed by atoms with van der Waals surface area (Å²) in [6.07, 6.45) is 0.157. The van der Waals surface area contributed by atoms with Gasteiger partial charge in [-0.05, 0) is 59.8 Å². The van der Waals surface area contributed by atoms with Crippen molar-refractivity contribution in [2.75, 3.05) is 27.4 Å². The van der Waals surface area contributed by atoms with Crippen LogP contribution in [0, 0.1) is 0 Å². The standard InChI is InChI=1S/C39H51BrN2O8Si/c1-39(2,3)51(6,7)50-22-14-19-31(41-38(45)49-25-28-17-12-9-13-18-28)36(43)42-32(37(44)47-5)23-29-30(40)20-21-34(46-4)35(29)33(42)26-48-24-27-15-10-8-11-16-27/h8-13,15-18,20-21,31-33H,14,19,22-26H2,1-7H3,(H,41,45)/t31-,32-,33-/m0/s1. The Labute approximate surface area is 311 Å². The summed E-state index contributed by atoms with van der Waals surface area (Å²) in [5, 5.41) is 2.84. The van der Waals surface area contributed by atoms with Crippen LogP contribution in [0.3, 0.4) is 0 Å². The number of nitrogens with zero attached hydrogens (tertiary/aromatic N) is 1. The van der Waals surface area contributed by atoms with Gasteiger partial charge < -0.3 is 33.6 Å². The summed E-state index contributed by atoms with van der Waals surface area (Å²) < 4.78 is 30.1. The summed E-state index contributed by atoms with van der Waals surface area (Å²) >= 11 is 3.67. The molecule has 0 unspecified atom stereocenters. The van der Waals surface area contributed by atoms with E-state index in [0.29, 0.717) is 18.8 Å². The Hall–Kier alpha value is -3.71. The number of amides is 2. The lowest BCUT2D eigenvalue weighted by Gasteiger charge is -2.44. The molecule has 3 aromatic carbocycles. The van der Waals surface area contributed by atoms with E-state index in [0.717, 1.165) is 26.7 Å². The van der Waals surface area contributed by atoms with Gasteiger partial charge >= 0.3 is 12.1 Å². The fourth-order valence-corrected chi connectivity index (χ4v) is 7.45. The van der Waals surface area contributed by atoms with E-state index in [1.165, 1.54) is 12.0 Å². The first-order valence-corrected chi connectivity index (χ1v) is 21.0. The normalized spacial score (nSPS) is 16.5. The van der Waals surface area contributed by atoms with E-state index in [1.54, 1.807) is 7.11 Å². The van der Waals surface area contributed by atoms with Gasteiger partial charge in [0.25, 0.3) is 0 Å². The molecule has 0 bridgehead atoms. The molecule has 2 amide bonds.